The van der Waals surface area contributed by atoms with Crippen LogP contribution in [0.25, 0.3) is 5.76 Å². The molecule has 7 nitrogen and oxygen atoms in total. The maximum atomic E-state index is 12.8. The lowest BCUT2D eigenvalue weighted by atomic mass is 9.95. The monoisotopic (exact) mass is 417 g/mol. The highest BCUT2D eigenvalue weighted by atomic mass is 35.5. The van der Waals surface area contributed by atoms with Gasteiger partial charge >= 0.3 is 0 Å². The summed E-state index contributed by atoms with van der Waals surface area (Å²) in [5.74, 6) is -1.54. The first kappa shape index (κ1) is 20.7. The number of phenolic OH excluding ortho intramolecular Hbond substituents is 1. The number of likely N-dealkylation sites (tertiary alicyclic amines) is 1. The van der Waals surface area contributed by atoms with Gasteiger partial charge in [-0.2, -0.15) is 0 Å². The quantitative estimate of drug-likeness (QED) is 0.426. The Kier molecular flexibility index (Phi) is 6.10. The van der Waals surface area contributed by atoms with Crippen molar-refractivity contribution in [2.45, 2.75) is 6.04 Å². The van der Waals surface area contributed by atoms with Crippen molar-refractivity contribution in [1.82, 2.24) is 4.90 Å². The number of rotatable bonds is 6. The number of phenols is 1. The van der Waals surface area contributed by atoms with E-state index in [-0.39, 0.29) is 40.8 Å². The highest BCUT2D eigenvalue weighted by molar-refractivity contribution is 6.46. The number of methoxy groups -OCH3 is 2. The van der Waals surface area contributed by atoms with Crippen molar-refractivity contribution in [2.75, 3.05) is 27.4 Å². The Balaban J connectivity index is 2.17. The Bertz CT molecular complexity index is 987. The zero-order valence-corrected chi connectivity index (χ0v) is 16.6. The lowest BCUT2D eigenvalue weighted by Crippen LogP contribution is -2.32. The minimum Gasteiger partial charge on any atom is -0.508 e. The first-order valence-electron chi connectivity index (χ1n) is 8.79. The van der Waals surface area contributed by atoms with E-state index in [1.54, 1.807) is 24.3 Å². The van der Waals surface area contributed by atoms with Crippen molar-refractivity contribution in [2.24, 2.45) is 0 Å². The molecule has 3 rings (SSSR count). The molecule has 1 aliphatic heterocycles. The number of aromatic hydroxyl groups is 1. The summed E-state index contributed by atoms with van der Waals surface area (Å²) < 4.78 is 10.2. The molecule has 0 radical (unpaired) electrons. The van der Waals surface area contributed by atoms with E-state index in [1.807, 2.05) is 0 Å². The number of hydrogen-bond donors (Lipinski definition) is 2. The van der Waals surface area contributed by atoms with Gasteiger partial charge in [-0.25, -0.2) is 0 Å². The van der Waals surface area contributed by atoms with E-state index in [2.05, 4.69) is 0 Å². The number of benzene rings is 2. The zero-order valence-electron chi connectivity index (χ0n) is 15.9. The van der Waals surface area contributed by atoms with Crippen LogP contribution in [0.2, 0.25) is 5.02 Å². The molecular formula is C21H20ClNO6. The van der Waals surface area contributed by atoms with Crippen molar-refractivity contribution in [3.05, 3.63) is 64.2 Å². The fraction of sp³-hybridized carbons (Fsp3) is 0.238. The average Bonchev–Trinajstić information content (AvgIpc) is 2.96. The number of ether oxygens (including phenoxy) is 2. The predicted octanol–water partition coefficient (Wildman–Crippen LogP) is 3.12. The number of nitrogens with zero attached hydrogens (tertiary/aromatic N) is 1. The first-order valence-corrected chi connectivity index (χ1v) is 9.17. The number of amides is 1. The van der Waals surface area contributed by atoms with Crippen LogP contribution >= 0.6 is 11.6 Å². The predicted molar refractivity (Wildman–Crippen MR) is 107 cm³/mol. The standard InChI is InChI=1S/C21H20ClNO6/c1-28-9-8-23-18(12-4-3-5-14(24)10-12)17(20(26)21(23)27)19(25)13-6-7-16(29-2)15(22)11-13/h3-7,10-11,18,24-25H,8-9H2,1-2H3/b19-17-. The molecule has 1 amide bonds. The molecule has 0 aromatic heterocycles. The van der Waals surface area contributed by atoms with Crippen molar-refractivity contribution < 1.29 is 29.3 Å². The van der Waals surface area contributed by atoms with Crippen LogP contribution in [0.15, 0.2) is 48.0 Å². The van der Waals surface area contributed by atoms with Crippen molar-refractivity contribution >= 4 is 29.1 Å². The molecule has 8 heteroatoms. The third-order valence-electron chi connectivity index (χ3n) is 4.69. The number of carbonyl (C=O) groups is 2. The van der Waals surface area contributed by atoms with Crippen LogP contribution in [-0.4, -0.2) is 54.2 Å². The molecule has 2 aromatic rings. The van der Waals surface area contributed by atoms with Gasteiger partial charge in [0.2, 0.25) is 0 Å². The molecule has 1 saturated heterocycles. The number of aliphatic hydroxyl groups is 1. The van der Waals surface area contributed by atoms with Crippen LogP contribution in [0.5, 0.6) is 11.5 Å². The maximum absolute atomic E-state index is 12.8. The lowest BCUT2D eigenvalue weighted by molar-refractivity contribution is -0.140. The minimum atomic E-state index is -0.877. The van der Waals surface area contributed by atoms with Crippen LogP contribution in [0.1, 0.15) is 17.2 Å². The van der Waals surface area contributed by atoms with Gasteiger partial charge in [0.05, 0.1) is 30.4 Å². The zero-order chi connectivity index (χ0) is 21.1. The fourth-order valence-electron chi connectivity index (χ4n) is 3.31. The number of hydrogen-bond acceptors (Lipinski definition) is 6. The Morgan fingerprint density at radius 2 is 1.93 bits per heavy atom. The first-order chi connectivity index (χ1) is 13.9. The van der Waals surface area contributed by atoms with Crippen LogP contribution in [0, 0.1) is 0 Å². The second-order valence-corrected chi connectivity index (χ2v) is 6.84. The van der Waals surface area contributed by atoms with Gasteiger partial charge in [-0.15, -0.1) is 0 Å². The number of aliphatic hydroxyl groups excluding tert-OH is 1. The van der Waals surface area contributed by atoms with E-state index in [0.29, 0.717) is 11.3 Å². The molecule has 1 atom stereocenters. The van der Waals surface area contributed by atoms with Gasteiger partial charge in [0, 0.05) is 19.2 Å². The normalized spacial score (nSPS) is 18.3. The molecule has 1 unspecified atom stereocenters. The molecule has 0 saturated carbocycles. The van der Waals surface area contributed by atoms with E-state index in [9.17, 15) is 19.8 Å². The van der Waals surface area contributed by atoms with Gasteiger partial charge in [0.1, 0.15) is 17.3 Å². The molecule has 1 aliphatic rings. The molecule has 2 aromatic carbocycles. The van der Waals surface area contributed by atoms with Gasteiger partial charge in [-0.05, 0) is 35.9 Å². The molecular weight excluding hydrogens is 398 g/mol. The Morgan fingerprint density at radius 1 is 1.17 bits per heavy atom. The summed E-state index contributed by atoms with van der Waals surface area (Å²) in [6.45, 7) is 0.346. The van der Waals surface area contributed by atoms with E-state index in [1.165, 1.54) is 37.3 Å². The lowest BCUT2D eigenvalue weighted by Gasteiger charge is -2.25. The molecule has 29 heavy (non-hydrogen) atoms. The number of halogens is 1. The summed E-state index contributed by atoms with van der Waals surface area (Å²) in [5, 5.41) is 21.1. The Hall–Kier alpha value is -3.03. The highest BCUT2D eigenvalue weighted by Gasteiger charge is 2.46. The molecule has 1 fully saturated rings. The molecule has 1 heterocycles. The van der Waals surface area contributed by atoms with Crippen LogP contribution in [-0.2, 0) is 14.3 Å². The topological polar surface area (TPSA) is 96.3 Å². The van der Waals surface area contributed by atoms with Crippen LogP contribution in [0.4, 0.5) is 0 Å². The Morgan fingerprint density at radius 3 is 2.55 bits per heavy atom. The summed E-state index contributed by atoms with van der Waals surface area (Å²) in [6, 6.07) is 9.88. The minimum absolute atomic E-state index is 0.0210. The summed E-state index contributed by atoms with van der Waals surface area (Å²) in [4.78, 5) is 26.8. The van der Waals surface area contributed by atoms with E-state index >= 15 is 0 Å². The third-order valence-corrected chi connectivity index (χ3v) is 4.98. The summed E-state index contributed by atoms with van der Waals surface area (Å²) in [7, 11) is 2.95. The molecule has 2 N–H and O–H groups in total. The SMILES string of the molecule is COCCN1C(=O)C(=O)/C(=C(\O)c2ccc(OC)c(Cl)c2)C1c1cccc(O)c1. The van der Waals surface area contributed by atoms with Crippen molar-refractivity contribution in [3.8, 4) is 11.5 Å². The second-order valence-electron chi connectivity index (χ2n) is 6.43. The number of Topliss-reactive ketones (excluding diaryl/α,β-unsaturated/α-hetero) is 1. The maximum Gasteiger partial charge on any atom is 0.295 e. The molecule has 0 bridgehead atoms. The summed E-state index contributed by atoms with van der Waals surface area (Å²) in [5.41, 5.74) is 0.671. The number of carbonyl (C=O) groups excluding carboxylic acids is 2. The van der Waals surface area contributed by atoms with Gasteiger partial charge in [-0.3, -0.25) is 9.59 Å². The molecule has 0 aliphatic carbocycles. The van der Waals surface area contributed by atoms with E-state index < -0.39 is 17.7 Å². The van der Waals surface area contributed by atoms with Gasteiger partial charge in [0.25, 0.3) is 11.7 Å². The Labute approximate surface area is 172 Å². The average molecular weight is 418 g/mol. The van der Waals surface area contributed by atoms with E-state index in [4.69, 9.17) is 21.1 Å². The smallest absolute Gasteiger partial charge is 0.295 e. The fourth-order valence-corrected chi connectivity index (χ4v) is 3.57. The second kappa shape index (κ2) is 8.55. The van der Waals surface area contributed by atoms with Crippen LogP contribution in [0.3, 0.4) is 0 Å². The van der Waals surface area contributed by atoms with Crippen molar-refractivity contribution in [1.29, 1.82) is 0 Å². The van der Waals surface area contributed by atoms with Crippen molar-refractivity contribution in [3.63, 3.8) is 0 Å². The molecule has 0 spiro atoms. The van der Waals surface area contributed by atoms with Gasteiger partial charge in [-0.1, -0.05) is 23.7 Å². The largest absolute Gasteiger partial charge is 0.508 e. The molecule has 152 valence electrons. The van der Waals surface area contributed by atoms with E-state index in [0.717, 1.165) is 0 Å². The summed E-state index contributed by atoms with van der Waals surface area (Å²) >= 11 is 6.15. The van der Waals surface area contributed by atoms with Crippen LogP contribution < -0.4 is 4.74 Å². The number of ketones is 1. The third kappa shape index (κ3) is 3.92. The van der Waals surface area contributed by atoms with Gasteiger partial charge in [0.15, 0.2) is 0 Å². The summed E-state index contributed by atoms with van der Waals surface area (Å²) in [6.07, 6.45) is 0. The highest BCUT2D eigenvalue weighted by Crippen LogP contribution is 2.40. The van der Waals surface area contributed by atoms with Gasteiger partial charge < -0.3 is 24.6 Å².